The average Bonchev–Trinajstić information content (AvgIpc) is 3.21. The normalized spacial score (nSPS) is 23.5. The summed E-state index contributed by atoms with van der Waals surface area (Å²) in [5, 5.41) is 11.7. The highest BCUT2D eigenvalue weighted by Crippen LogP contribution is 2.33. The minimum Gasteiger partial charge on any atom is -0.335 e. The van der Waals surface area contributed by atoms with Crippen molar-refractivity contribution >= 4 is 18.3 Å². The summed E-state index contributed by atoms with van der Waals surface area (Å²) in [5.41, 5.74) is -0.932. The number of hydrogen-bond donors (Lipinski definition) is 0. The summed E-state index contributed by atoms with van der Waals surface area (Å²) in [7, 11) is 1.59. The van der Waals surface area contributed by atoms with Crippen LogP contribution in [0, 0.1) is 10.1 Å². The molecule has 10 heteroatoms. The molecule has 1 aromatic carbocycles. The molecule has 168 valence electrons. The van der Waals surface area contributed by atoms with Crippen molar-refractivity contribution in [2.45, 2.75) is 62.8 Å². The number of likely N-dealkylation sites (N-methyl/N-ethyl adjacent to an activating group) is 1. The summed E-state index contributed by atoms with van der Waals surface area (Å²) in [6, 6.07) is 1.98. The lowest BCUT2D eigenvalue weighted by atomic mass is 9.87. The molecule has 0 bridgehead atoms. The third-order valence-electron chi connectivity index (χ3n) is 6.15. The van der Waals surface area contributed by atoms with E-state index in [1.54, 1.807) is 7.05 Å². The third kappa shape index (κ3) is 5.24. The van der Waals surface area contributed by atoms with Gasteiger partial charge in [-0.1, -0.05) is 25.0 Å². The molecule has 1 aromatic rings. The van der Waals surface area contributed by atoms with Gasteiger partial charge < -0.3 is 4.90 Å². The highest BCUT2D eigenvalue weighted by Gasteiger charge is 2.42. The summed E-state index contributed by atoms with van der Waals surface area (Å²) in [4.78, 5) is 27.9. The van der Waals surface area contributed by atoms with Crippen LogP contribution in [0.3, 0.4) is 0 Å². The molecule has 1 saturated carbocycles. The van der Waals surface area contributed by atoms with Crippen molar-refractivity contribution in [1.82, 2.24) is 9.80 Å². The molecule has 3 atom stereocenters. The Hall–Kier alpha value is -1.87. The quantitative estimate of drug-likeness (QED) is 0.496. The van der Waals surface area contributed by atoms with E-state index in [0.717, 1.165) is 75.9 Å². The van der Waals surface area contributed by atoms with Crippen LogP contribution in [0.1, 0.15) is 55.7 Å². The molecule has 30 heavy (non-hydrogen) atoms. The first-order valence-electron chi connectivity index (χ1n) is 10.0. The fourth-order valence-corrected chi connectivity index (χ4v) is 4.61. The molecular weight excluding hydrogens is 423 g/mol. The maximum Gasteiger partial charge on any atom is 0.416 e. The second-order valence-electron chi connectivity index (χ2n) is 7.92. The molecule has 0 aromatic heterocycles. The van der Waals surface area contributed by atoms with E-state index >= 15 is 0 Å². The van der Waals surface area contributed by atoms with Crippen molar-refractivity contribution in [2.24, 2.45) is 0 Å². The molecule has 3 unspecified atom stereocenters. The fourth-order valence-electron chi connectivity index (χ4n) is 4.61. The number of carbonyl (C=O) groups is 1. The second kappa shape index (κ2) is 9.96. The highest BCUT2D eigenvalue weighted by atomic mass is 35.5. The summed E-state index contributed by atoms with van der Waals surface area (Å²) in [5.74, 6) is -0.675. The zero-order valence-electron chi connectivity index (χ0n) is 16.8. The van der Waals surface area contributed by atoms with Crippen molar-refractivity contribution in [1.29, 1.82) is 0 Å². The number of hydrogen-bond acceptors (Lipinski definition) is 4. The van der Waals surface area contributed by atoms with Crippen LogP contribution in [-0.2, 0) is 11.0 Å². The van der Waals surface area contributed by atoms with E-state index in [2.05, 4.69) is 4.90 Å². The van der Waals surface area contributed by atoms with Gasteiger partial charge in [-0.25, -0.2) is 0 Å². The number of rotatable bonds is 5. The zero-order valence-corrected chi connectivity index (χ0v) is 17.6. The Labute approximate surface area is 180 Å². The van der Waals surface area contributed by atoms with Gasteiger partial charge in [-0.3, -0.25) is 19.8 Å². The predicted octanol–water partition coefficient (Wildman–Crippen LogP) is 4.31. The molecule has 1 amide bonds. The third-order valence-corrected chi connectivity index (χ3v) is 6.15. The molecule has 2 aliphatic rings. The maximum absolute atomic E-state index is 13.1. The Morgan fingerprint density at radius 2 is 1.70 bits per heavy atom. The first-order chi connectivity index (χ1) is 13.7. The van der Waals surface area contributed by atoms with Gasteiger partial charge in [0.2, 0.25) is 0 Å². The van der Waals surface area contributed by atoms with Crippen molar-refractivity contribution in [2.75, 3.05) is 20.1 Å². The topological polar surface area (TPSA) is 66.7 Å². The molecule has 6 nitrogen and oxygen atoms in total. The highest BCUT2D eigenvalue weighted by molar-refractivity contribution is 5.85. The summed E-state index contributed by atoms with van der Waals surface area (Å²) in [6.07, 6.45) is 1.45. The van der Waals surface area contributed by atoms with Crippen molar-refractivity contribution in [3.05, 3.63) is 45.5 Å². The Balaban J connectivity index is 0.00000320. The summed E-state index contributed by atoms with van der Waals surface area (Å²) >= 11 is 0. The lowest BCUT2D eigenvalue weighted by Gasteiger charge is -2.42. The van der Waals surface area contributed by atoms with E-state index in [0.29, 0.717) is 0 Å². The van der Waals surface area contributed by atoms with E-state index in [1.165, 1.54) is 4.90 Å². The van der Waals surface area contributed by atoms with Crippen LogP contribution in [0.2, 0.25) is 0 Å². The van der Waals surface area contributed by atoms with Crippen LogP contribution in [0.4, 0.5) is 13.2 Å². The Morgan fingerprint density at radius 1 is 1.13 bits per heavy atom. The first-order valence-corrected chi connectivity index (χ1v) is 10.0. The molecular formula is C20H27ClF3N3O3. The molecule has 0 N–H and O–H groups in total. The standard InChI is InChI=1S/C20H26F3N3O3.ClH/c1-24(16-6-2-3-7-17(16)25-12-4-5-13-25)19(27)18(26(28)29)14-8-10-15(11-9-14)20(21,22)23;/h8-11,16-18H,2-7,12-13H2,1H3;1H. The number of halogens is 4. The number of amides is 1. The lowest BCUT2D eigenvalue weighted by Crippen LogP contribution is -2.54. The van der Waals surface area contributed by atoms with Crippen LogP contribution in [0.25, 0.3) is 0 Å². The van der Waals surface area contributed by atoms with E-state index in [1.807, 2.05) is 0 Å². The Morgan fingerprint density at radius 3 is 2.23 bits per heavy atom. The predicted molar refractivity (Wildman–Crippen MR) is 108 cm³/mol. The van der Waals surface area contributed by atoms with E-state index in [4.69, 9.17) is 0 Å². The van der Waals surface area contributed by atoms with Crippen LogP contribution >= 0.6 is 12.4 Å². The Bertz CT molecular complexity index is 739. The molecule has 1 aliphatic carbocycles. The van der Waals surface area contributed by atoms with Gasteiger partial charge in [0.1, 0.15) is 0 Å². The largest absolute Gasteiger partial charge is 0.416 e. The van der Waals surface area contributed by atoms with Gasteiger partial charge in [-0.2, -0.15) is 13.2 Å². The number of nitro groups is 1. The van der Waals surface area contributed by atoms with Gasteiger partial charge >= 0.3 is 18.1 Å². The van der Waals surface area contributed by atoms with Crippen LogP contribution < -0.4 is 0 Å². The maximum atomic E-state index is 13.1. The molecule has 1 heterocycles. The zero-order chi connectivity index (χ0) is 21.2. The molecule has 1 saturated heterocycles. The van der Waals surface area contributed by atoms with Gasteiger partial charge in [0, 0.05) is 29.6 Å². The molecule has 1 aliphatic heterocycles. The van der Waals surface area contributed by atoms with Gasteiger partial charge in [0.25, 0.3) is 0 Å². The number of alkyl halides is 3. The smallest absolute Gasteiger partial charge is 0.335 e. The molecule has 3 rings (SSSR count). The van der Waals surface area contributed by atoms with Crippen LogP contribution in [0.15, 0.2) is 24.3 Å². The molecule has 0 spiro atoms. The van der Waals surface area contributed by atoms with Crippen molar-refractivity contribution < 1.29 is 22.9 Å². The second-order valence-corrected chi connectivity index (χ2v) is 7.92. The summed E-state index contributed by atoms with van der Waals surface area (Å²) in [6.45, 7) is 1.95. The van der Waals surface area contributed by atoms with Gasteiger partial charge in [-0.15, -0.1) is 12.4 Å². The molecule has 0 radical (unpaired) electrons. The first kappa shape index (κ1) is 24.4. The number of likely N-dealkylation sites (tertiary alicyclic amines) is 1. The van der Waals surface area contributed by atoms with Crippen molar-refractivity contribution in [3.8, 4) is 0 Å². The monoisotopic (exact) mass is 449 g/mol. The van der Waals surface area contributed by atoms with Crippen LogP contribution in [-0.4, -0.2) is 52.9 Å². The molecule has 2 fully saturated rings. The van der Waals surface area contributed by atoms with E-state index < -0.39 is 28.6 Å². The minimum atomic E-state index is -4.53. The van der Waals surface area contributed by atoms with Gasteiger partial charge in [0.05, 0.1) is 5.56 Å². The van der Waals surface area contributed by atoms with Gasteiger partial charge in [-0.05, 0) is 50.9 Å². The van der Waals surface area contributed by atoms with E-state index in [9.17, 15) is 28.1 Å². The minimum absolute atomic E-state index is 0. The number of benzene rings is 1. The van der Waals surface area contributed by atoms with Gasteiger partial charge in [0.15, 0.2) is 0 Å². The number of nitrogens with zero attached hydrogens (tertiary/aromatic N) is 3. The van der Waals surface area contributed by atoms with Crippen molar-refractivity contribution in [3.63, 3.8) is 0 Å². The number of carbonyl (C=O) groups excluding carboxylic acids is 1. The lowest BCUT2D eigenvalue weighted by molar-refractivity contribution is -0.515. The fraction of sp³-hybridized carbons (Fsp3) is 0.650. The average molecular weight is 450 g/mol. The summed E-state index contributed by atoms with van der Waals surface area (Å²) < 4.78 is 38.4. The Kier molecular flexibility index (Phi) is 8.10. The van der Waals surface area contributed by atoms with Crippen LogP contribution in [0.5, 0.6) is 0 Å². The SMILES string of the molecule is CN(C(=O)C(c1ccc(C(F)(F)F)cc1)[N+](=O)[O-])C1CCCCC1N1CCCC1.Cl. The van der Waals surface area contributed by atoms with E-state index in [-0.39, 0.29) is 30.1 Å².